The first-order valence-electron chi connectivity index (χ1n) is 9.68. The fourth-order valence-corrected chi connectivity index (χ4v) is 4.57. The maximum atomic E-state index is 12.5. The standard InChI is InChI=1S/C22H25NO3S/c1-27(25,26)18-10-8-17(9-11-18)20(14-15-4-2-3-5-15)21-13-12-19(16-6-7-16)22(24)23-21/h8-16H,2-7H2,1H3,(H,23,24)/b20-14-. The molecular formula is C22H25NO3S. The third-order valence-electron chi connectivity index (χ3n) is 5.64. The van der Waals surface area contributed by atoms with Crippen molar-refractivity contribution in [1.29, 1.82) is 0 Å². The summed E-state index contributed by atoms with van der Waals surface area (Å²) in [6, 6.07) is 10.9. The van der Waals surface area contributed by atoms with Crippen molar-refractivity contribution in [2.75, 3.05) is 6.26 Å². The number of hydrogen-bond acceptors (Lipinski definition) is 3. The molecule has 2 saturated carbocycles. The predicted octanol–water partition coefficient (Wildman–Crippen LogP) is 4.28. The molecule has 1 heterocycles. The highest BCUT2D eigenvalue weighted by molar-refractivity contribution is 7.90. The second-order valence-corrected chi connectivity index (χ2v) is 9.87. The van der Waals surface area contributed by atoms with Crippen LogP contribution in [0.15, 0.2) is 52.2 Å². The van der Waals surface area contributed by atoms with Crippen molar-refractivity contribution in [1.82, 2.24) is 4.98 Å². The van der Waals surface area contributed by atoms with Gasteiger partial charge in [-0.15, -0.1) is 0 Å². The Bertz CT molecular complexity index is 1020. The van der Waals surface area contributed by atoms with Crippen molar-refractivity contribution < 1.29 is 8.42 Å². The topological polar surface area (TPSA) is 67.0 Å². The molecule has 1 aromatic carbocycles. The van der Waals surface area contributed by atoms with E-state index in [0.29, 0.717) is 16.7 Å². The van der Waals surface area contributed by atoms with Crippen LogP contribution in [0.3, 0.4) is 0 Å². The van der Waals surface area contributed by atoms with Crippen LogP contribution in [0.5, 0.6) is 0 Å². The lowest BCUT2D eigenvalue weighted by Crippen LogP contribution is -2.13. The second kappa shape index (κ2) is 7.12. The van der Waals surface area contributed by atoms with E-state index in [-0.39, 0.29) is 5.56 Å². The zero-order chi connectivity index (χ0) is 19.0. The summed E-state index contributed by atoms with van der Waals surface area (Å²) in [4.78, 5) is 15.9. The molecule has 0 amide bonds. The SMILES string of the molecule is CS(=O)(=O)c1ccc(/C(=C/C2CCCC2)c2ccc(C3CC3)c(=O)[nH]2)cc1. The van der Waals surface area contributed by atoms with Crippen molar-refractivity contribution in [3.63, 3.8) is 0 Å². The molecule has 2 fully saturated rings. The zero-order valence-electron chi connectivity index (χ0n) is 15.6. The van der Waals surface area contributed by atoms with Gasteiger partial charge in [-0.25, -0.2) is 8.42 Å². The van der Waals surface area contributed by atoms with Gasteiger partial charge in [0.1, 0.15) is 0 Å². The first-order chi connectivity index (χ1) is 12.9. The first-order valence-corrected chi connectivity index (χ1v) is 11.6. The van der Waals surface area contributed by atoms with Gasteiger partial charge in [0.25, 0.3) is 5.56 Å². The lowest BCUT2D eigenvalue weighted by molar-refractivity contribution is 0.602. The van der Waals surface area contributed by atoms with Crippen LogP contribution in [0.1, 0.15) is 61.3 Å². The molecule has 1 aromatic heterocycles. The molecule has 0 bridgehead atoms. The number of sulfone groups is 1. The summed E-state index contributed by atoms with van der Waals surface area (Å²) in [6.45, 7) is 0. The quantitative estimate of drug-likeness (QED) is 0.838. The summed E-state index contributed by atoms with van der Waals surface area (Å²) in [5.41, 5.74) is 3.61. The van der Waals surface area contributed by atoms with Crippen LogP contribution in [0.25, 0.3) is 5.57 Å². The van der Waals surface area contributed by atoms with Crippen molar-refractivity contribution in [2.45, 2.75) is 49.3 Å². The number of pyridine rings is 1. The monoisotopic (exact) mass is 383 g/mol. The van der Waals surface area contributed by atoms with Gasteiger partial charge in [0.2, 0.25) is 0 Å². The molecule has 0 aliphatic heterocycles. The van der Waals surface area contributed by atoms with E-state index < -0.39 is 9.84 Å². The minimum absolute atomic E-state index is 0.0000723. The van der Waals surface area contributed by atoms with Crippen LogP contribution >= 0.6 is 0 Å². The summed E-state index contributed by atoms with van der Waals surface area (Å²) in [6.07, 6.45) is 10.5. The Morgan fingerprint density at radius 2 is 1.67 bits per heavy atom. The van der Waals surface area contributed by atoms with Gasteiger partial charge in [-0.1, -0.05) is 37.1 Å². The van der Waals surface area contributed by atoms with E-state index in [2.05, 4.69) is 11.1 Å². The molecule has 4 nitrogen and oxygen atoms in total. The summed E-state index contributed by atoms with van der Waals surface area (Å²) in [7, 11) is -3.22. The summed E-state index contributed by atoms with van der Waals surface area (Å²) in [5.74, 6) is 0.917. The smallest absolute Gasteiger partial charge is 0.251 e. The zero-order valence-corrected chi connectivity index (χ0v) is 16.4. The first kappa shape index (κ1) is 18.2. The summed E-state index contributed by atoms with van der Waals surface area (Å²) < 4.78 is 23.5. The van der Waals surface area contributed by atoms with E-state index in [1.165, 1.54) is 19.1 Å². The lowest BCUT2D eigenvalue weighted by Gasteiger charge is -2.13. The average molecular weight is 384 g/mol. The Hall–Kier alpha value is -2.14. The lowest BCUT2D eigenvalue weighted by atomic mass is 9.95. The summed E-state index contributed by atoms with van der Waals surface area (Å²) >= 11 is 0. The minimum atomic E-state index is -3.22. The van der Waals surface area contributed by atoms with Gasteiger partial charge in [0.05, 0.1) is 4.90 Å². The molecular weight excluding hydrogens is 358 g/mol. The highest BCUT2D eigenvalue weighted by Crippen LogP contribution is 2.38. The normalized spacial score (nSPS) is 18.8. The van der Waals surface area contributed by atoms with E-state index >= 15 is 0 Å². The van der Waals surface area contributed by atoms with Crippen LogP contribution in [-0.2, 0) is 9.84 Å². The summed E-state index contributed by atoms with van der Waals surface area (Å²) in [5, 5.41) is 0. The van der Waals surface area contributed by atoms with E-state index in [4.69, 9.17) is 0 Å². The molecule has 0 unspecified atom stereocenters. The fourth-order valence-electron chi connectivity index (χ4n) is 3.94. The van der Waals surface area contributed by atoms with Crippen LogP contribution < -0.4 is 5.56 Å². The van der Waals surface area contributed by atoms with Gasteiger partial charge in [-0.3, -0.25) is 4.79 Å². The highest BCUT2D eigenvalue weighted by atomic mass is 32.2. The van der Waals surface area contributed by atoms with Crippen molar-refractivity contribution in [2.24, 2.45) is 5.92 Å². The Balaban J connectivity index is 1.75. The number of H-pyrrole nitrogens is 1. The third-order valence-corrected chi connectivity index (χ3v) is 6.77. The largest absolute Gasteiger partial charge is 0.322 e. The van der Waals surface area contributed by atoms with Gasteiger partial charge < -0.3 is 4.98 Å². The van der Waals surface area contributed by atoms with Crippen molar-refractivity contribution >= 4 is 15.4 Å². The number of benzene rings is 1. The predicted molar refractivity (Wildman–Crippen MR) is 108 cm³/mol. The molecule has 0 atom stereocenters. The molecule has 2 aliphatic carbocycles. The Morgan fingerprint density at radius 3 is 2.22 bits per heavy atom. The van der Waals surface area contributed by atoms with Gasteiger partial charge in [0.15, 0.2) is 9.84 Å². The van der Waals surface area contributed by atoms with E-state index in [9.17, 15) is 13.2 Å². The minimum Gasteiger partial charge on any atom is -0.322 e. The van der Waals surface area contributed by atoms with Crippen LogP contribution in [-0.4, -0.2) is 19.7 Å². The molecule has 5 heteroatoms. The molecule has 2 aliphatic rings. The van der Waals surface area contributed by atoms with E-state index in [0.717, 1.165) is 48.1 Å². The van der Waals surface area contributed by atoms with Gasteiger partial charge in [-0.2, -0.15) is 0 Å². The Morgan fingerprint density at radius 1 is 1.00 bits per heavy atom. The van der Waals surface area contributed by atoms with Gasteiger partial charge in [0, 0.05) is 23.1 Å². The van der Waals surface area contributed by atoms with Crippen LogP contribution in [0.2, 0.25) is 0 Å². The number of aromatic amines is 1. The number of aromatic nitrogens is 1. The number of rotatable bonds is 5. The van der Waals surface area contributed by atoms with Crippen LogP contribution in [0.4, 0.5) is 0 Å². The molecule has 142 valence electrons. The molecule has 4 rings (SSSR count). The fraction of sp³-hybridized carbons (Fsp3) is 0.409. The highest BCUT2D eigenvalue weighted by Gasteiger charge is 2.26. The Kier molecular flexibility index (Phi) is 4.81. The number of allylic oxidation sites excluding steroid dienone is 1. The van der Waals surface area contributed by atoms with E-state index in [1.54, 1.807) is 12.1 Å². The molecule has 27 heavy (non-hydrogen) atoms. The average Bonchev–Trinajstić information content (AvgIpc) is 3.34. The Labute approximate surface area is 160 Å². The third kappa shape index (κ3) is 4.08. The number of hydrogen-bond donors (Lipinski definition) is 1. The molecule has 0 spiro atoms. The van der Waals surface area contributed by atoms with Gasteiger partial charge >= 0.3 is 0 Å². The van der Waals surface area contributed by atoms with Gasteiger partial charge in [-0.05, 0) is 61.3 Å². The molecule has 0 radical (unpaired) electrons. The maximum absolute atomic E-state index is 12.5. The van der Waals surface area contributed by atoms with Crippen LogP contribution in [0, 0.1) is 5.92 Å². The molecule has 0 saturated heterocycles. The van der Waals surface area contributed by atoms with Crippen molar-refractivity contribution in [3.8, 4) is 0 Å². The van der Waals surface area contributed by atoms with Crippen molar-refractivity contribution in [3.05, 3.63) is 69.6 Å². The molecule has 1 N–H and O–H groups in total. The number of nitrogens with one attached hydrogen (secondary N) is 1. The van der Waals surface area contributed by atoms with E-state index in [1.807, 2.05) is 24.3 Å². The second-order valence-electron chi connectivity index (χ2n) is 7.85. The molecule has 2 aromatic rings. The maximum Gasteiger partial charge on any atom is 0.251 e.